The lowest BCUT2D eigenvalue weighted by atomic mass is 9.97. The Labute approximate surface area is 246 Å². The second-order valence-electron chi connectivity index (χ2n) is 10.6. The molecule has 0 aliphatic rings. The van der Waals surface area contributed by atoms with Gasteiger partial charge in [-0.15, -0.1) is 10.2 Å². The summed E-state index contributed by atoms with van der Waals surface area (Å²) >= 11 is 4.31. The van der Waals surface area contributed by atoms with Gasteiger partial charge in [-0.05, 0) is 40.7 Å². The quantitative estimate of drug-likeness (QED) is 0.143. The van der Waals surface area contributed by atoms with Crippen molar-refractivity contribution in [3.63, 3.8) is 0 Å². The number of aromatic amines is 1. The predicted molar refractivity (Wildman–Crippen MR) is 161 cm³/mol. The minimum Gasteiger partial charge on any atom is -0.481 e. The van der Waals surface area contributed by atoms with E-state index in [2.05, 4.69) is 45.5 Å². The number of nitrogens with one attached hydrogen (secondary N) is 2. The van der Waals surface area contributed by atoms with E-state index in [4.69, 9.17) is 0 Å². The van der Waals surface area contributed by atoms with Crippen LogP contribution >= 0.6 is 12.6 Å². The Morgan fingerprint density at radius 1 is 1.05 bits per heavy atom. The van der Waals surface area contributed by atoms with Gasteiger partial charge in [-0.2, -0.15) is 17.8 Å². The maximum absolute atomic E-state index is 13.7. The highest BCUT2D eigenvalue weighted by molar-refractivity contribution is 7.80. The lowest BCUT2D eigenvalue weighted by molar-refractivity contribution is -0.144. The largest absolute Gasteiger partial charge is 0.481 e. The van der Waals surface area contributed by atoms with Gasteiger partial charge in [0.15, 0.2) is 0 Å². The zero-order chi connectivity index (χ0) is 29.8. The molecule has 0 bridgehead atoms. The van der Waals surface area contributed by atoms with Gasteiger partial charge >= 0.3 is 5.97 Å². The highest BCUT2D eigenvalue weighted by Crippen LogP contribution is 2.30. The molecule has 220 valence electrons. The third kappa shape index (κ3) is 9.41. The summed E-state index contributed by atoms with van der Waals surface area (Å²) in [5.74, 6) is -1.21. The van der Waals surface area contributed by atoms with E-state index in [-0.39, 0.29) is 11.8 Å². The second-order valence-corrected chi connectivity index (χ2v) is 11.0. The maximum atomic E-state index is 13.7. The molecule has 0 spiro atoms. The molecule has 1 unspecified atom stereocenters. The van der Waals surface area contributed by atoms with Crippen LogP contribution in [0, 0.1) is 11.8 Å². The van der Waals surface area contributed by atoms with E-state index < -0.39 is 30.3 Å². The summed E-state index contributed by atoms with van der Waals surface area (Å²) < 4.78 is 0. The topological polar surface area (TPSA) is 141 Å². The van der Waals surface area contributed by atoms with Gasteiger partial charge in [-0.3, -0.25) is 14.4 Å². The van der Waals surface area contributed by atoms with E-state index in [9.17, 15) is 19.5 Å². The fourth-order valence-electron chi connectivity index (χ4n) is 4.75. The monoisotopic (exact) mass is 580 g/mol. The van der Waals surface area contributed by atoms with E-state index in [0.717, 1.165) is 41.5 Å². The van der Waals surface area contributed by atoms with Crippen molar-refractivity contribution in [2.24, 2.45) is 11.8 Å². The van der Waals surface area contributed by atoms with Crippen LogP contribution in [0.2, 0.25) is 0 Å². The SMILES string of the molecule is CCCCCN(Cc1ccc(-c2ccccc2-c2nn[nH]n2)cc1)C(=O)[C@H](CC(=O)O)NC(=O)C(CS)CC(C)C. The van der Waals surface area contributed by atoms with Crippen LogP contribution in [0.4, 0.5) is 0 Å². The Bertz CT molecular complexity index is 1270. The van der Waals surface area contributed by atoms with E-state index in [1.54, 1.807) is 4.90 Å². The Morgan fingerprint density at radius 2 is 1.76 bits per heavy atom. The van der Waals surface area contributed by atoms with Crippen LogP contribution in [0.1, 0.15) is 58.4 Å². The van der Waals surface area contributed by atoms with Crippen molar-refractivity contribution < 1.29 is 19.5 Å². The van der Waals surface area contributed by atoms with Crippen LogP contribution in [-0.2, 0) is 20.9 Å². The molecule has 3 N–H and O–H groups in total. The van der Waals surface area contributed by atoms with Crippen molar-refractivity contribution in [2.75, 3.05) is 12.3 Å². The minimum absolute atomic E-state index is 0.263. The second kappa shape index (κ2) is 15.9. The molecular formula is C30H40N6O4S. The van der Waals surface area contributed by atoms with Crippen LogP contribution < -0.4 is 5.32 Å². The summed E-state index contributed by atoms with van der Waals surface area (Å²) in [4.78, 5) is 40.1. The minimum atomic E-state index is -1.16. The number of aromatic nitrogens is 4. The Hall–Kier alpha value is -3.73. The van der Waals surface area contributed by atoms with E-state index in [0.29, 0.717) is 31.1 Å². The molecule has 3 rings (SSSR count). The Morgan fingerprint density at radius 3 is 2.34 bits per heavy atom. The molecule has 11 heteroatoms. The first-order chi connectivity index (χ1) is 19.7. The van der Waals surface area contributed by atoms with Gasteiger partial charge in [0.25, 0.3) is 0 Å². The van der Waals surface area contributed by atoms with Crippen molar-refractivity contribution in [1.29, 1.82) is 0 Å². The molecule has 3 aromatic rings. The number of hydrogen-bond donors (Lipinski definition) is 4. The number of amides is 2. The van der Waals surface area contributed by atoms with E-state index in [1.165, 1.54) is 0 Å². The molecule has 0 saturated carbocycles. The first kappa shape index (κ1) is 31.8. The number of H-pyrrole nitrogens is 1. The molecule has 0 aliphatic carbocycles. The first-order valence-electron chi connectivity index (χ1n) is 14.1. The van der Waals surface area contributed by atoms with Gasteiger partial charge in [-0.1, -0.05) is 82.1 Å². The molecule has 0 saturated heterocycles. The molecule has 2 amide bonds. The summed E-state index contributed by atoms with van der Waals surface area (Å²) in [6, 6.07) is 14.5. The zero-order valence-corrected chi connectivity index (χ0v) is 24.8. The molecule has 10 nitrogen and oxygen atoms in total. The number of nitrogens with zero attached hydrogens (tertiary/aromatic N) is 4. The standard InChI is InChI=1S/C30H40N6O4S/c1-4-5-8-15-36(30(40)26(17-27(37)38)31-29(39)23(19-41)16-20(2)3)18-21-11-13-22(14-12-21)24-9-6-7-10-25(24)28-32-34-35-33-28/h6-7,9-14,20,23,26,41H,4-5,8,15-19H2,1-3H3,(H,31,39)(H,37,38)(H,32,33,34,35)/t23?,26-/m0/s1. The van der Waals surface area contributed by atoms with Crippen molar-refractivity contribution in [2.45, 2.75) is 65.5 Å². The molecule has 2 aromatic carbocycles. The van der Waals surface area contributed by atoms with Crippen LogP contribution in [0.15, 0.2) is 48.5 Å². The molecule has 0 radical (unpaired) electrons. The number of carbonyl (C=O) groups is 3. The van der Waals surface area contributed by atoms with Gasteiger partial charge in [-0.25, -0.2) is 0 Å². The molecule has 1 aromatic heterocycles. The number of unbranched alkanes of at least 4 members (excludes halogenated alkanes) is 2. The molecule has 41 heavy (non-hydrogen) atoms. The smallest absolute Gasteiger partial charge is 0.305 e. The number of benzene rings is 2. The zero-order valence-electron chi connectivity index (χ0n) is 23.9. The third-order valence-electron chi connectivity index (χ3n) is 6.84. The normalized spacial score (nSPS) is 12.6. The number of rotatable bonds is 16. The Balaban J connectivity index is 1.82. The Kier molecular flexibility index (Phi) is 12.3. The molecular weight excluding hydrogens is 540 g/mol. The summed E-state index contributed by atoms with van der Waals surface area (Å²) in [6.45, 7) is 6.85. The average Bonchev–Trinajstić information content (AvgIpc) is 3.50. The fourth-order valence-corrected chi connectivity index (χ4v) is 5.07. The highest BCUT2D eigenvalue weighted by atomic mass is 32.1. The number of carboxylic acid groups (broad SMARTS) is 1. The third-order valence-corrected chi connectivity index (χ3v) is 7.28. The summed E-state index contributed by atoms with van der Waals surface area (Å²) in [6.07, 6.45) is 2.80. The summed E-state index contributed by atoms with van der Waals surface area (Å²) in [5, 5.41) is 26.6. The van der Waals surface area contributed by atoms with E-state index >= 15 is 0 Å². The molecule has 0 aliphatic heterocycles. The van der Waals surface area contributed by atoms with Crippen molar-refractivity contribution in [3.8, 4) is 22.5 Å². The lowest BCUT2D eigenvalue weighted by Gasteiger charge is -2.29. The number of carbonyl (C=O) groups excluding carboxylic acids is 2. The summed E-state index contributed by atoms with van der Waals surface area (Å²) in [5.41, 5.74) is 3.64. The predicted octanol–water partition coefficient (Wildman–Crippen LogP) is 4.60. The number of aliphatic carboxylic acids is 1. The molecule has 0 fully saturated rings. The number of hydrogen-bond acceptors (Lipinski definition) is 7. The van der Waals surface area contributed by atoms with Gasteiger partial charge in [0.05, 0.1) is 6.42 Å². The fraction of sp³-hybridized carbons (Fsp3) is 0.467. The van der Waals surface area contributed by atoms with Crippen molar-refractivity contribution in [1.82, 2.24) is 30.8 Å². The van der Waals surface area contributed by atoms with Crippen molar-refractivity contribution >= 4 is 30.4 Å². The van der Waals surface area contributed by atoms with Crippen LogP contribution in [0.25, 0.3) is 22.5 Å². The molecule has 2 atom stereocenters. The van der Waals surface area contributed by atoms with Crippen LogP contribution in [0.3, 0.4) is 0 Å². The van der Waals surface area contributed by atoms with Gasteiger partial charge in [0.1, 0.15) is 6.04 Å². The number of carboxylic acids is 1. The lowest BCUT2D eigenvalue weighted by Crippen LogP contribution is -2.51. The van der Waals surface area contributed by atoms with Crippen LogP contribution in [0.5, 0.6) is 0 Å². The summed E-state index contributed by atoms with van der Waals surface area (Å²) in [7, 11) is 0. The average molecular weight is 581 g/mol. The van der Waals surface area contributed by atoms with Gasteiger partial charge < -0.3 is 15.3 Å². The van der Waals surface area contributed by atoms with Gasteiger partial charge in [0, 0.05) is 30.3 Å². The highest BCUT2D eigenvalue weighted by Gasteiger charge is 2.30. The first-order valence-corrected chi connectivity index (χ1v) is 14.7. The van der Waals surface area contributed by atoms with Crippen molar-refractivity contribution in [3.05, 3.63) is 54.1 Å². The number of thiol groups is 1. The van der Waals surface area contributed by atoms with Gasteiger partial charge in [0.2, 0.25) is 17.6 Å². The van der Waals surface area contributed by atoms with Crippen LogP contribution in [-0.4, -0.2) is 66.8 Å². The maximum Gasteiger partial charge on any atom is 0.305 e. The van der Waals surface area contributed by atoms with E-state index in [1.807, 2.05) is 62.4 Å². The number of tetrazole rings is 1. The molecule has 1 heterocycles.